The SMILES string of the molecule is CC(C)C(=O)OOS(=O)(=O)C(F)(F)F. The maximum atomic E-state index is 11.6. The first-order chi connectivity index (χ1) is 6.08. The molecule has 0 heterocycles. The Morgan fingerprint density at radius 3 is 2.00 bits per heavy atom. The lowest BCUT2D eigenvalue weighted by Gasteiger charge is -2.07. The molecule has 0 N–H and O–H groups in total. The normalized spacial score (nSPS) is 13.0. The van der Waals surface area contributed by atoms with Gasteiger partial charge >= 0.3 is 21.6 Å². The highest BCUT2D eigenvalue weighted by molar-refractivity contribution is 7.87. The summed E-state index contributed by atoms with van der Waals surface area (Å²) >= 11 is 0. The zero-order valence-electron chi connectivity index (χ0n) is 7.16. The fourth-order valence-electron chi connectivity index (χ4n) is 0.213. The van der Waals surface area contributed by atoms with Crippen LogP contribution in [0.5, 0.6) is 0 Å². The average Bonchev–Trinajstić information content (AvgIpc) is 1.97. The summed E-state index contributed by atoms with van der Waals surface area (Å²) in [5.74, 6) is -2.00. The average molecular weight is 236 g/mol. The van der Waals surface area contributed by atoms with Gasteiger partial charge in [-0.2, -0.15) is 21.6 Å². The van der Waals surface area contributed by atoms with E-state index in [2.05, 4.69) is 9.22 Å². The Labute approximate surface area is 77.8 Å². The van der Waals surface area contributed by atoms with Crippen molar-refractivity contribution in [3.8, 4) is 0 Å². The first-order valence-corrected chi connectivity index (χ1v) is 4.70. The zero-order chi connectivity index (χ0) is 11.6. The summed E-state index contributed by atoms with van der Waals surface area (Å²) in [5, 5.41) is 0. The number of rotatable bonds is 3. The van der Waals surface area contributed by atoms with Crippen LogP contribution < -0.4 is 0 Å². The summed E-state index contributed by atoms with van der Waals surface area (Å²) in [6, 6.07) is 0. The van der Waals surface area contributed by atoms with E-state index in [0.29, 0.717) is 0 Å². The summed E-state index contributed by atoms with van der Waals surface area (Å²) in [5.41, 5.74) is -5.61. The topological polar surface area (TPSA) is 69.7 Å². The lowest BCUT2D eigenvalue weighted by Crippen LogP contribution is -2.27. The van der Waals surface area contributed by atoms with Gasteiger partial charge in [0.2, 0.25) is 0 Å². The number of carbonyl (C=O) groups excluding carboxylic acids is 1. The number of carbonyl (C=O) groups is 1. The molecule has 5 nitrogen and oxygen atoms in total. The van der Waals surface area contributed by atoms with E-state index in [4.69, 9.17) is 0 Å². The standard InChI is InChI=1S/C5H7F3O5S/c1-3(2)4(9)12-13-14(10,11)5(6,7)8/h3H,1-2H3. The number of halogens is 3. The number of alkyl halides is 3. The highest BCUT2D eigenvalue weighted by Crippen LogP contribution is 2.24. The third kappa shape index (κ3) is 3.50. The van der Waals surface area contributed by atoms with Crippen LogP contribution in [0.4, 0.5) is 13.2 Å². The molecule has 84 valence electrons. The summed E-state index contributed by atoms with van der Waals surface area (Å²) in [7, 11) is -5.87. The van der Waals surface area contributed by atoms with Gasteiger partial charge in [0.15, 0.2) is 0 Å². The van der Waals surface area contributed by atoms with Crippen molar-refractivity contribution in [1.29, 1.82) is 0 Å². The molecule has 0 aromatic heterocycles. The molecule has 14 heavy (non-hydrogen) atoms. The Bertz CT molecular complexity index is 304. The molecule has 0 rings (SSSR count). The van der Waals surface area contributed by atoms with Crippen molar-refractivity contribution >= 4 is 16.1 Å². The van der Waals surface area contributed by atoms with Gasteiger partial charge in [-0.15, -0.1) is 0 Å². The Morgan fingerprint density at radius 2 is 1.71 bits per heavy atom. The predicted octanol–water partition coefficient (Wildman–Crippen LogP) is 0.967. The molecule has 0 atom stereocenters. The fraction of sp³-hybridized carbons (Fsp3) is 0.800. The van der Waals surface area contributed by atoms with Crippen LogP contribution in [0.15, 0.2) is 0 Å². The maximum Gasteiger partial charge on any atom is 0.526 e. The van der Waals surface area contributed by atoms with E-state index in [1.165, 1.54) is 13.8 Å². The lowest BCUT2D eigenvalue weighted by molar-refractivity contribution is -0.221. The second kappa shape index (κ2) is 4.13. The van der Waals surface area contributed by atoms with Crippen LogP contribution in [0.2, 0.25) is 0 Å². The van der Waals surface area contributed by atoms with Gasteiger partial charge in [0.1, 0.15) is 0 Å². The molecule has 0 bridgehead atoms. The van der Waals surface area contributed by atoms with Crippen molar-refractivity contribution in [1.82, 2.24) is 0 Å². The Balaban J connectivity index is 4.36. The van der Waals surface area contributed by atoms with Gasteiger partial charge in [-0.1, -0.05) is 13.8 Å². The van der Waals surface area contributed by atoms with Crippen molar-refractivity contribution < 1.29 is 35.6 Å². The second-order valence-electron chi connectivity index (χ2n) is 2.52. The Morgan fingerprint density at radius 1 is 1.29 bits per heavy atom. The lowest BCUT2D eigenvalue weighted by atomic mass is 10.2. The highest BCUT2D eigenvalue weighted by Gasteiger charge is 2.49. The van der Waals surface area contributed by atoms with E-state index in [1.54, 1.807) is 0 Å². The van der Waals surface area contributed by atoms with E-state index in [0.717, 1.165) is 0 Å². The molecule has 0 saturated heterocycles. The van der Waals surface area contributed by atoms with Gasteiger partial charge in [0.25, 0.3) is 0 Å². The van der Waals surface area contributed by atoms with Crippen LogP contribution in [0.25, 0.3) is 0 Å². The van der Waals surface area contributed by atoms with Crippen LogP contribution >= 0.6 is 0 Å². The van der Waals surface area contributed by atoms with Gasteiger partial charge in [-0.25, -0.2) is 4.79 Å². The second-order valence-corrected chi connectivity index (χ2v) is 4.03. The van der Waals surface area contributed by atoms with Crippen molar-refractivity contribution in [2.45, 2.75) is 19.4 Å². The quantitative estimate of drug-likeness (QED) is 0.415. The zero-order valence-corrected chi connectivity index (χ0v) is 7.98. The largest absolute Gasteiger partial charge is 0.526 e. The Hall–Kier alpha value is -0.830. The van der Waals surface area contributed by atoms with Crippen molar-refractivity contribution in [3.05, 3.63) is 0 Å². The van der Waals surface area contributed by atoms with Gasteiger partial charge < -0.3 is 0 Å². The van der Waals surface area contributed by atoms with E-state index in [-0.39, 0.29) is 0 Å². The number of hydrogen-bond donors (Lipinski definition) is 0. The molecule has 0 saturated carbocycles. The van der Waals surface area contributed by atoms with E-state index in [9.17, 15) is 26.4 Å². The van der Waals surface area contributed by atoms with Gasteiger partial charge in [0, 0.05) is 0 Å². The third-order valence-electron chi connectivity index (χ3n) is 0.961. The molecule has 0 radical (unpaired) electrons. The van der Waals surface area contributed by atoms with Crippen molar-refractivity contribution in [3.63, 3.8) is 0 Å². The fourth-order valence-corrected chi connectivity index (χ4v) is 0.447. The summed E-state index contributed by atoms with van der Waals surface area (Å²) in [4.78, 5) is 14.0. The van der Waals surface area contributed by atoms with Gasteiger partial charge in [-0.3, -0.25) is 4.89 Å². The van der Waals surface area contributed by atoms with E-state index < -0.39 is 27.5 Å². The number of hydrogen-bond acceptors (Lipinski definition) is 5. The predicted molar refractivity (Wildman–Crippen MR) is 37.0 cm³/mol. The van der Waals surface area contributed by atoms with E-state index in [1.807, 2.05) is 0 Å². The first-order valence-electron chi connectivity index (χ1n) is 3.29. The molecule has 0 fully saturated rings. The molecule has 0 aliphatic heterocycles. The van der Waals surface area contributed by atoms with Crippen molar-refractivity contribution in [2.24, 2.45) is 5.92 Å². The van der Waals surface area contributed by atoms with Crippen LogP contribution in [0.3, 0.4) is 0 Å². The maximum absolute atomic E-state index is 11.6. The van der Waals surface area contributed by atoms with Crippen molar-refractivity contribution in [2.75, 3.05) is 0 Å². The molecule has 0 aliphatic carbocycles. The Kier molecular flexibility index (Phi) is 3.89. The molecule has 9 heteroatoms. The molecule has 0 aliphatic rings. The molecule has 0 aromatic rings. The minimum Gasteiger partial charge on any atom is -0.281 e. The molecular weight excluding hydrogens is 229 g/mol. The minimum atomic E-state index is -5.87. The van der Waals surface area contributed by atoms with Crippen LogP contribution in [0, 0.1) is 5.92 Å². The first kappa shape index (κ1) is 13.2. The molecular formula is C5H7F3O5S. The van der Waals surface area contributed by atoms with E-state index >= 15 is 0 Å². The molecule has 0 aromatic carbocycles. The molecule has 0 unspecified atom stereocenters. The molecule has 0 amide bonds. The van der Waals surface area contributed by atoms with Crippen LogP contribution in [-0.2, 0) is 24.1 Å². The summed E-state index contributed by atoms with van der Waals surface area (Å²) < 4.78 is 58.1. The van der Waals surface area contributed by atoms with Crippen LogP contribution in [-0.4, -0.2) is 19.9 Å². The van der Waals surface area contributed by atoms with Gasteiger partial charge in [0.05, 0.1) is 5.92 Å². The summed E-state index contributed by atoms with van der Waals surface area (Å²) in [6.07, 6.45) is 0. The van der Waals surface area contributed by atoms with Gasteiger partial charge in [-0.05, 0) is 4.33 Å². The minimum absolute atomic E-state index is 0.793. The van der Waals surface area contributed by atoms with Crippen LogP contribution in [0.1, 0.15) is 13.8 Å². The molecule has 0 spiro atoms. The smallest absolute Gasteiger partial charge is 0.281 e. The highest BCUT2D eigenvalue weighted by atomic mass is 32.2. The monoisotopic (exact) mass is 236 g/mol. The third-order valence-corrected chi connectivity index (χ3v) is 1.77. The summed E-state index contributed by atoms with van der Waals surface area (Å²) in [6.45, 7) is 2.60.